The highest BCUT2D eigenvalue weighted by Crippen LogP contribution is 2.60. The highest BCUT2D eigenvalue weighted by molar-refractivity contribution is 7.89. The van der Waals surface area contributed by atoms with Crippen molar-refractivity contribution in [3.05, 3.63) is 65.2 Å². The van der Waals surface area contributed by atoms with Crippen LogP contribution >= 0.6 is 7.60 Å². The van der Waals surface area contributed by atoms with E-state index in [0.29, 0.717) is 16.0 Å². The van der Waals surface area contributed by atoms with Crippen LogP contribution in [-0.2, 0) is 41.4 Å². The van der Waals surface area contributed by atoms with Crippen molar-refractivity contribution >= 4 is 23.5 Å². The van der Waals surface area contributed by atoms with Crippen molar-refractivity contribution in [1.29, 1.82) is 0 Å². The first kappa shape index (κ1) is 27.3. The summed E-state index contributed by atoms with van der Waals surface area (Å²) in [7, 11) is -8.34. The van der Waals surface area contributed by atoms with Gasteiger partial charge in [-0.1, -0.05) is 36.4 Å². The third-order valence-corrected chi connectivity index (χ3v) is 9.24. The molecule has 13 heteroatoms. The lowest BCUT2D eigenvalue weighted by Crippen LogP contribution is -2.43. The molecule has 0 aliphatic carbocycles. The fourth-order valence-corrected chi connectivity index (χ4v) is 7.44. The van der Waals surface area contributed by atoms with Gasteiger partial charge in [-0.2, -0.15) is 17.9 Å². The van der Waals surface area contributed by atoms with Crippen molar-refractivity contribution in [3.63, 3.8) is 0 Å². The first-order valence-electron chi connectivity index (χ1n) is 10.8. The summed E-state index contributed by atoms with van der Waals surface area (Å²) in [5.41, 5.74) is 1.27. The maximum Gasteiger partial charge on any atom is 0.471 e. The second kappa shape index (κ2) is 10.8. The van der Waals surface area contributed by atoms with E-state index in [1.54, 1.807) is 44.2 Å². The Morgan fingerprint density at radius 2 is 1.71 bits per heavy atom. The number of carbonyl (C=O) groups excluding carboxylic acids is 1. The van der Waals surface area contributed by atoms with Gasteiger partial charge in [0, 0.05) is 13.1 Å². The molecule has 0 saturated heterocycles. The third kappa shape index (κ3) is 6.31. The number of sulfonamides is 1. The van der Waals surface area contributed by atoms with Crippen molar-refractivity contribution in [1.82, 2.24) is 9.62 Å². The molecule has 1 aliphatic heterocycles. The van der Waals surface area contributed by atoms with E-state index in [-0.39, 0.29) is 43.2 Å². The summed E-state index contributed by atoms with van der Waals surface area (Å²) in [6.07, 6.45) is -4.87. The van der Waals surface area contributed by atoms with Crippen LogP contribution in [0.3, 0.4) is 0 Å². The van der Waals surface area contributed by atoms with E-state index in [0.717, 1.165) is 0 Å². The van der Waals surface area contributed by atoms with E-state index in [1.165, 1.54) is 18.2 Å². The van der Waals surface area contributed by atoms with Crippen LogP contribution < -0.4 is 4.72 Å². The van der Waals surface area contributed by atoms with Gasteiger partial charge in [0.05, 0.1) is 18.1 Å². The van der Waals surface area contributed by atoms with Gasteiger partial charge in [-0.15, -0.1) is 0 Å². The molecule has 1 aliphatic rings. The lowest BCUT2D eigenvalue weighted by atomic mass is 10.00. The van der Waals surface area contributed by atoms with Gasteiger partial charge in [-0.05, 0) is 49.1 Å². The smallest absolute Gasteiger partial charge is 0.330 e. The molecule has 1 unspecified atom stereocenters. The largest absolute Gasteiger partial charge is 0.471 e. The van der Waals surface area contributed by atoms with Crippen LogP contribution in [0.15, 0.2) is 53.4 Å². The van der Waals surface area contributed by atoms with Crippen molar-refractivity contribution in [2.24, 2.45) is 0 Å². The van der Waals surface area contributed by atoms with E-state index in [1.807, 2.05) is 0 Å². The van der Waals surface area contributed by atoms with E-state index >= 15 is 0 Å². The van der Waals surface area contributed by atoms with E-state index in [4.69, 9.17) is 9.05 Å². The van der Waals surface area contributed by atoms with Crippen LogP contribution in [0.25, 0.3) is 0 Å². The van der Waals surface area contributed by atoms with Gasteiger partial charge in [-0.25, -0.2) is 8.42 Å². The van der Waals surface area contributed by atoms with Crippen LogP contribution in [0.1, 0.15) is 36.3 Å². The number of nitrogens with zero attached hydrogens (tertiary/aromatic N) is 1. The Morgan fingerprint density at radius 1 is 1.09 bits per heavy atom. The topological polar surface area (TPSA) is 102 Å². The van der Waals surface area contributed by atoms with E-state index in [2.05, 4.69) is 4.72 Å². The van der Waals surface area contributed by atoms with Crippen LogP contribution in [0.4, 0.5) is 13.2 Å². The first-order valence-corrected chi connectivity index (χ1v) is 13.9. The summed E-state index contributed by atoms with van der Waals surface area (Å²) in [5, 5.41) is 0. The molecule has 1 amide bonds. The number of alkyl halides is 3. The maximum absolute atomic E-state index is 13.5. The highest BCUT2D eigenvalue weighted by Gasteiger charge is 2.43. The zero-order valence-electron chi connectivity index (χ0n) is 19.1. The normalized spacial score (nSPS) is 15.5. The molecule has 35 heavy (non-hydrogen) atoms. The molecule has 2 aromatic rings. The molecule has 0 bridgehead atoms. The molecule has 0 spiro atoms. The number of halogens is 3. The molecule has 1 N–H and O–H groups in total. The molecule has 0 saturated carbocycles. The van der Waals surface area contributed by atoms with Crippen molar-refractivity contribution < 1.29 is 40.0 Å². The number of benzene rings is 2. The minimum Gasteiger partial charge on any atom is -0.330 e. The van der Waals surface area contributed by atoms with Crippen LogP contribution in [0.2, 0.25) is 0 Å². The predicted octanol–water partition coefficient (Wildman–Crippen LogP) is 4.38. The lowest BCUT2D eigenvalue weighted by molar-refractivity contribution is -0.186. The first-order chi connectivity index (χ1) is 16.4. The fraction of sp³-hybridized carbons (Fsp3) is 0.409. The molecule has 192 valence electrons. The number of hydrogen-bond donors (Lipinski definition) is 1. The molecule has 8 nitrogen and oxygen atoms in total. The molecule has 0 fully saturated rings. The van der Waals surface area contributed by atoms with Gasteiger partial charge in [0.25, 0.3) is 0 Å². The molecule has 2 aromatic carbocycles. The SMILES string of the molecule is CCOP(=O)(OCC)C(NS(=O)(=O)c1ccc2c(c1)CN(C(=O)C(F)(F)F)CC2)c1ccccc1. The Balaban J connectivity index is 1.96. The molecule has 1 atom stereocenters. The number of amides is 1. The second-order valence-corrected chi connectivity index (χ2v) is 11.5. The standard InChI is InChI=1S/C22H26F3N2O6PS/c1-3-32-34(29,33-4-2)20(17-8-6-5-7-9-17)26-35(30,31)19-11-10-16-12-13-27(15-18(16)14-19)21(28)22(23,24)25/h5-11,14,20,26H,3-4,12-13,15H2,1-2H3. The van der Waals surface area contributed by atoms with Crippen LogP contribution in [0, 0.1) is 0 Å². The summed E-state index contributed by atoms with van der Waals surface area (Å²) in [6.45, 7) is 2.70. The van der Waals surface area contributed by atoms with Crippen molar-refractivity contribution in [2.45, 2.75) is 43.7 Å². The molecule has 0 radical (unpaired) electrons. The van der Waals surface area contributed by atoms with Crippen LogP contribution in [-0.4, -0.2) is 45.2 Å². The molecule has 1 heterocycles. The second-order valence-electron chi connectivity index (χ2n) is 7.71. The van der Waals surface area contributed by atoms with Crippen LogP contribution in [0.5, 0.6) is 0 Å². The molecular formula is C22H26F3N2O6PS. The Labute approximate surface area is 202 Å². The minimum atomic E-state index is -5.02. The minimum absolute atomic E-state index is 0.00422. The Bertz CT molecular complexity index is 1200. The Morgan fingerprint density at radius 3 is 2.29 bits per heavy atom. The zero-order valence-corrected chi connectivity index (χ0v) is 20.8. The average molecular weight is 534 g/mol. The van der Waals surface area contributed by atoms with E-state index in [9.17, 15) is 30.9 Å². The van der Waals surface area contributed by atoms with E-state index < -0.39 is 35.5 Å². The highest BCUT2D eigenvalue weighted by atomic mass is 32.2. The van der Waals surface area contributed by atoms with Crippen molar-refractivity contribution in [3.8, 4) is 0 Å². The summed E-state index contributed by atoms with van der Waals surface area (Å²) < 4.78 is 92.0. The van der Waals surface area contributed by atoms with Gasteiger partial charge < -0.3 is 13.9 Å². The fourth-order valence-electron chi connectivity index (χ4n) is 3.76. The molecular weight excluding hydrogens is 508 g/mol. The number of fused-ring (bicyclic) bond motifs is 1. The zero-order chi connectivity index (χ0) is 25.9. The molecule has 0 aromatic heterocycles. The van der Waals surface area contributed by atoms with Gasteiger partial charge in [0.15, 0.2) is 0 Å². The molecule has 3 rings (SSSR count). The monoisotopic (exact) mass is 534 g/mol. The van der Waals surface area contributed by atoms with Gasteiger partial charge in [0.1, 0.15) is 5.78 Å². The summed E-state index contributed by atoms with van der Waals surface area (Å²) >= 11 is 0. The number of rotatable bonds is 9. The predicted molar refractivity (Wildman–Crippen MR) is 122 cm³/mol. The quantitative estimate of drug-likeness (QED) is 0.480. The number of carbonyl (C=O) groups is 1. The lowest BCUT2D eigenvalue weighted by Gasteiger charge is -2.30. The number of hydrogen-bond acceptors (Lipinski definition) is 6. The Kier molecular flexibility index (Phi) is 8.44. The maximum atomic E-state index is 13.5. The Hall–Kier alpha value is -2.24. The average Bonchev–Trinajstić information content (AvgIpc) is 2.81. The van der Waals surface area contributed by atoms with Gasteiger partial charge in [-0.3, -0.25) is 9.36 Å². The van der Waals surface area contributed by atoms with Gasteiger partial charge >= 0.3 is 19.7 Å². The summed E-state index contributed by atoms with van der Waals surface area (Å²) in [5.74, 6) is -3.35. The van der Waals surface area contributed by atoms with Crippen molar-refractivity contribution in [2.75, 3.05) is 19.8 Å². The third-order valence-electron chi connectivity index (χ3n) is 5.35. The summed E-state index contributed by atoms with van der Waals surface area (Å²) in [4.78, 5) is 12.0. The van der Waals surface area contributed by atoms with Gasteiger partial charge in [0.2, 0.25) is 10.0 Å². The summed E-state index contributed by atoms with van der Waals surface area (Å²) in [6, 6.07) is 12.2. The number of nitrogens with one attached hydrogen (secondary N) is 1.